The lowest BCUT2D eigenvalue weighted by Crippen LogP contribution is -2.35. The summed E-state index contributed by atoms with van der Waals surface area (Å²) in [4.78, 5) is 11.4. The summed E-state index contributed by atoms with van der Waals surface area (Å²) in [6.45, 7) is 5.88. The van der Waals surface area contributed by atoms with Crippen molar-refractivity contribution in [1.82, 2.24) is 19.7 Å². The molecule has 4 rings (SSSR count). The largest absolute Gasteiger partial charge is 0.355 e. The van der Waals surface area contributed by atoms with Crippen molar-refractivity contribution in [1.29, 1.82) is 0 Å². The molecule has 6 heteroatoms. The van der Waals surface area contributed by atoms with Crippen LogP contribution in [0.5, 0.6) is 0 Å². The van der Waals surface area contributed by atoms with Crippen LogP contribution < -0.4 is 4.90 Å². The quantitative estimate of drug-likeness (QED) is 0.704. The van der Waals surface area contributed by atoms with Crippen LogP contribution in [0, 0.1) is 25.6 Å². The van der Waals surface area contributed by atoms with E-state index in [0.717, 1.165) is 60.9 Å². The van der Waals surface area contributed by atoms with Crippen LogP contribution in [0.3, 0.4) is 0 Å². The zero-order valence-electron chi connectivity index (χ0n) is 15.8. The highest BCUT2D eigenvalue weighted by atomic mass is 19.1. The lowest BCUT2D eigenvalue weighted by atomic mass is 9.90. The average molecular weight is 365 g/mol. The summed E-state index contributed by atoms with van der Waals surface area (Å²) in [5, 5.41) is 4.50. The van der Waals surface area contributed by atoms with Crippen LogP contribution in [0.15, 0.2) is 42.7 Å². The van der Waals surface area contributed by atoms with Gasteiger partial charge in [-0.3, -0.25) is 4.98 Å². The van der Waals surface area contributed by atoms with E-state index in [4.69, 9.17) is 4.98 Å². The topological polar surface area (TPSA) is 46.8 Å². The number of nitrogens with zero attached hydrogens (tertiary/aromatic N) is 5. The number of hydrogen-bond donors (Lipinski definition) is 0. The Hall–Kier alpha value is -2.76. The molecule has 1 saturated heterocycles. The first-order valence-corrected chi connectivity index (χ1v) is 9.43. The molecule has 27 heavy (non-hydrogen) atoms. The molecule has 5 nitrogen and oxygen atoms in total. The molecule has 0 amide bonds. The molecular weight excluding hydrogens is 341 g/mol. The number of piperidine rings is 1. The molecule has 0 radical (unpaired) electrons. The van der Waals surface area contributed by atoms with Crippen molar-refractivity contribution >= 4 is 5.82 Å². The fourth-order valence-electron chi connectivity index (χ4n) is 3.82. The van der Waals surface area contributed by atoms with E-state index in [9.17, 15) is 4.39 Å². The second-order valence-electron chi connectivity index (χ2n) is 7.34. The highest BCUT2D eigenvalue weighted by Crippen LogP contribution is 2.25. The van der Waals surface area contributed by atoms with E-state index in [2.05, 4.69) is 15.0 Å². The lowest BCUT2D eigenvalue weighted by Gasteiger charge is -2.32. The van der Waals surface area contributed by atoms with Gasteiger partial charge in [0.15, 0.2) is 5.82 Å². The van der Waals surface area contributed by atoms with Crippen molar-refractivity contribution in [2.75, 3.05) is 18.0 Å². The number of aryl methyl sites for hydroxylation is 2. The van der Waals surface area contributed by atoms with Gasteiger partial charge >= 0.3 is 0 Å². The van der Waals surface area contributed by atoms with E-state index in [-0.39, 0.29) is 5.82 Å². The summed E-state index contributed by atoms with van der Waals surface area (Å²) in [5.41, 5.74) is 3.10. The zero-order valence-corrected chi connectivity index (χ0v) is 15.8. The van der Waals surface area contributed by atoms with Gasteiger partial charge in [0.25, 0.3) is 0 Å². The van der Waals surface area contributed by atoms with Gasteiger partial charge < -0.3 is 4.90 Å². The number of rotatable bonds is 4. The van der Waals surface area contributed by atoms with Gasteiger partial charge in [0.1, 0.15) is 11.6 Å². The minimum absolute atomic E-state index is 0.152. The first kappa shape index (κ1) is 17.6. The van der Waals surface area contributed by atoms with Gasteiger partial charge in [-0.15, -0.1) is 0 Å². The molecule has 0 saturated carbocycles. The van der Waals surface area contributed by atoms with Gasteiger partial charge in [0.2, 0.25) is 0 Å². The average Bonchev–Trinajstić information content (AvgIpc) is 3.01. The standard InChI is InChI=1S/C21H24FN5/c1-15-10-16(2)27(25-15)21-14-23-13-20(24-21)26-8-6-17(7-9-26)11-18-4-3-5-19(22)12-18/h3-5,10,12-14,17H,6-9,11H2,1-2H3. The Balaban J connectivity index is 1.42. The molecule has 3 aromatic rings. The molecule has 0 N–H and O–H groups in total. The second-order valence-corrected chi connectivity index (χ2v) is 7.34. The summed E-state index contributed by atoms with van der Waals surface area (Å²) in [6.07, 6.45) is 6.65. The third-order valence-corrected chi connectivity index (χ3v) is 5.19. The van der Waals surface area contributed by atoms with E-state index in [1.807, 2.05) is 36.9 Å². The zero-order chi connectivity index (χ0) is 18.8. The summed E-state index contributed by atoms with van der Waals surface area (Å²) < 4.78 is 15.2. The Kier molecular flexibility index (Phi) is 4.88. The van der Waals surface area contributed by atoms with E-state index < -0.39 is 0 Å². The first-order valence-electron chi connectivity index (χ1n) is 9.43. The Morgan fingerprint density at radius 3 is 2.56 bits per heavy atom. The predicted octanol–water partition coefficient (Wildman–Crippen LogP) is 3.88. The van der Waals surface area contributed by atoms with Crippen LogP contribution in [0.1, 0.15) is 29.8 Å². The smallest absolute Gasteiger partial charge is 0.174 e. The van der Waals surface area contributed by atoms with Crippen LogP contribution >= 0.6 is 0 Å². The van der Waals surface area contributed by atoms with Crippen molar-refractivity contribution in [3.8, 4) is 5.82 Å². The van der Waals surface area contributed by atoms with E-state index in [1.165, 1.54) is 6.07 Å². The molecule has 1 aromatic carbocycles. The highest BCUT2D eigenvalue weighted by Gasteiger charge is 2.21. The maximum atomic E-state index is 13.4. The molecule has 140 valence electrons. The van der Waals surface area contributed by atoms with E-state index in [0.29, 0.717) is 5.92 Å². The molecule has 1 fully saturated rings. The number of halogens is 1. The van der Waals surface area contributed by atoms with Crippen molar-refractivity contribution < 1.29 is 4.39 Å². The van der Waals surface area contributed by atoms with Gasteiger partial charge in [-0.1, -0.05) is 12.1 Å². The fraction of sp³-hybridized carbons (Fsp3) is 0.381. The monoisotopic (exact) mass is 365 g/mol. The van der Waals surface area contributed by atoms with Crippen LogP contribution in [-0.2, 0) is 6.42 Å². The normalized spacial score (nSPS) is 15.3. The molecule has 1 aliphatic heterocycles. The number of hydrogen-bond acceptors (Lipinski definition) is 4. The van der Waals surface area contributed by atoms with Crippen molar-refractivity contribution in [3.05, 3.63) is 65.5 Å². The van der Waals surface area contributed by atoms with Crippen molar-refractivity contribution in [2.24, 2.45) is 5.92 Å². The number of anilines is 1. The van der Waals surface area contributed by atoms with Crippen LogP contribution in [0.2, 0.25) is 0 Å². The molecule has 3 heterocycles. The van der Waals surface area contributed by atoms with E-state index >= 15 is 0 Å². The van der Waals surface area contributed by atoms with Crippen LogP contribution in [0.25, 0.3) is 5.82 Å². The van der Waals surface area contributed by atoms with E-state index in [1.54, 1.807) is 18.3 Å². The summed E-state index contributed by atoms with van der Waals surface area (Å²) >= 11 is 0. The molecule has 0 unspecified atom stereocenters. The van der Waals surface area contributed by atoms with Gasteiger partial charge in [0.05, 0.1) is 18.1 Å². The minimum atomic E-state index is -0.152. The Morgan fingerprint density at radius 1 is 1.07 bits per heavy atom. The van der Waals surface area contributed by atoms with Gasteiger partial charge in [-0.05, 0) is 62.8 Å². The van der Waals surface area contributed by atoms with Crippen LogP contribution in [0.4, 0.5) is 10.2 Å². The fourth-order valence-corrected chi connectivity index (χ4v) is 3.82. The van der Waals surface area contributed by atoms with Gasteiger partial charge in [-0.2, -0.15) is 5.10 Å². The molecule has 0 bridgehead atoms. The minimum Gasteiger partial charge on any atom is -0.355 e. The molecule has 0 atom stereocenters. The van der Waals surface area contributed by atoms with Crippen molar-refractivity contribution in [3.63, 3.8) is 0 Å². The van der Waals surface area contributed by atoms with Gasteiger partial charge in [-0.25, -0.2) is 14.1 Å². The second kappa shape index (κ2) is 7.47. The molecule has 2 aromatic heterocycles. The SMILES string of the molecule is Cc1cc(C)n(-c2cncc(N3CCC(Cc4cccc(F)c4)CC3)n2)n1. The third kappa shape index (κ3) is 3.99. The highest BCUT2D eigenvalue weighted by molar-refractivity contribution is 5.40. The number of aromatic nitrogens is 4. The summed E-state index contributed by atoms with van der Waals surface area (Å²) in [7, 11) is 0. The summed E-state index contributed by atoms with van der Waals surface area (Å²) in [5.74, 6) is 2.07. The van der Waals surface area contributed by atoms with Crippen LogP contribution in [-0.4, -0.2) is 32.8 Å². The third-order valence-electron chi connectivity index (χ3n) is 5.19. The van der Waals surface area contributed by atoms with Gasteiger partial charge in [0, 0.05) is 18.8 Å². The maximum Gasteiger partial charge on any atom is 0.174 e. The molecular formula is C21H24FN5. The number of benzene rings is 1. The van der Waals surface area contributed by atoms with Crippen molar-refractivity contribution in [2.45, 2.75) is 33.1 Å². The molecule has 0 spiro atoms. The Bertz CT molecular complexity index is 928. The molecule has 1 aliphatic rings. The molecule has 0 aliphatic carbocycles. The Morgan fingerprint density at radius 2 is 1.85 bits per heavy atom. The first-order chi connectivity index (χ1) is 13.1. The maximum absolute atomic E-state index is 13.4. The lowest BCUT2D eigenvalue weighted by molar-refractivity contribution is 0.401. The predicted molar refractivity (Wildman–Crippen MR) is 104 cm³/mol. The Labute approximate surface area is 158 Å². The summed E-state index contributed by atoms with van der Waals surface area (Å²) in [6, 6.07) is 8.99.